The predicted octanol–water partition coefficient (Wildman–Crippen LogP) is 2.54. The van der Waals surface area contributed by atoms with Gasteiger partial charge in [0.15, 0.2) is 0 Å². The smallest absolute Gasteiger partial charge is 0.0478 e. The summed E-state index contributed by atoms with van der Waals surface area (Å²) in [6.45, 7) is 11.7. The molecule has 0 spiro atoms. The summed E-state index contributed by atoms with van der Waals surface area (Å²) in [6, 6.07) is 0. The van der Waals surface area contributed by atoms with E-state index in [0.29, 0.717) is 0 Å². The molecular formula is C11H25NO. The van der Waals surface area contributed by atoms with Gasteiger partial charge < -0.3 is 9.64 Å². The second-order valence-corrected chi connectivity index (χ2v) is 3.10. The third-order valence-corrected chi connectivity index (χ3v) is 2.17. The first-order valence-electron chi connectivity index (χ1n) is 5.73. The van der Waals surface area contributed by atoms with Crippen molar-refractivity contribution in [2.75, 3.05) is 32.8 Å². The number of nitrogens with zero attached hydrogens (tertiary/aromatic N) is 1. The molecule has 1 rings (SSSR count). The van der Waals surface area contributed by atoms with Gasteiger partial charge in [0.25, 0.3) is 0 Å². The lowest BCUT2D eigenvalue weighted by Crippen LogP contribution is -2.21. The van der Waals surface area contributed by atoms with Gasteiger partial charge in [-0.2, -0.15) is 0 Å². The standard InChI is InChI=1S/C9H19NO.C2H6/c1-2-11-9-5-8-10-6-3-4-7-10;1-2/h2-9H2,1H3;1-2H3. The van der Waals surface area contributed by atoms with Gasteiger partial charge in [-0.1, -0.05) is 13.8 Å². The van der Waals surface area contributed by atoms with Crippen LogP contribution in [0.2, 0.25) is 0 Å². The largest absolute Gasteiger partial charge is 0.382 e. The van der Waals surface area contributed by atoms with E-state index in [1.807, 2.05) is 13.8 Å². The third-order valence-electron chi connectivity index (χ3n) is 2.17. The van der Waals surface area contributed by atoms with Gasteiger partial charge in [0, 0.05) is 19.8 Å². The summed E-state index contributed by atoms with van der Waals surface area (Å²) in [4.78, 5) is 2.53. The lowest BCUT2D eigenvalue weighted by atomic mass is 10.4. The highest BCUT2D eigenvalue weighted by molar-refractivity contribution is 4.65. The molecule has 0 aromatic carbocycles. The second-order valence-electron chi connectivity index (χ2n) is 3.10. The number of ether oxygens (including phenoxy) is 1. The number of likely N-dealkylation sites (tertiary alicyclic amines) is 1. The third kappa shape index (κ3) is 7.03. The molecule has 1 aliphatic rings. The van der Waals surface area contributed by atoms with Crippen LogP contribution in [0.25, 0.3) is 0 Å². The van der Waals surface area contributed by atoms with E-state index in [-0.39, 0.29) is 0 Å². The van der Waals surface area contributed by atoms with E-state index in [1.54, 1.807) is 0 Å². The van der Waals surface area contributed by atoms with Crippen LogP contribution in [0.1, 0.15) is 40.0 Å². The van der Waals surface area contributed by atoms with Crippen LogP contribution in [0, 0.1) is 0 Å². The molecule has 0 saturated carbocycles. The van der Waals surface area contributed by atoms with Gasteiger partial charge in [0.1, 0.15) is 0 Å². The minimum Gasteiger partial charge on any atom is -0.382 e. The van der Waals surface area contributed by atoms with Crippen molar-refractivity contribution in [3.8, 4) is 0 Å². The molecule has 0 unspecified atom stereocenters. The highest BCUT2D eigenvalue weighted by Gasteiger charge is 2.09. The van der Waals surface area contributed by atoms with Gasteiger partial charge in [-0.3, -0.25) is 0 Å². The Kier molecular flexibility index (Phi) is 9.94. The first kappa shape index (κ1) is 12.9. The molecule has 0 atom stereocenters. The molecule has 0 bridgehead atoms. The van der Waals surface area contributed by atoms with Crippen molar-refractivity contribution < 1.29 is 4.74 Å². The molecule has 0 radical (unpaired) electrons. The summed E-state index contributed by atoms with van der Waals surface area (Å²) >= 11 is 0. The minimum absolute atomic E-state index is 0.861. The van der Waals surface area contributed by atoms with E-state index in [1.165, 1.54) is 38.9 Å². The summed E-state index contributed by atoms with van der Waals surface area (Å²) in [6.07, 6.45) is 4.00. The SMILES string of the molecule is CC.CCOCCCN1CCCC1. The monoisotopic (exact) mass is 187 g/mol. The van der Waals surface area contributed by atoms with Gasteiger partial charge >= 0.3 is 0 Å². The fraction of sp³-hybridized carbons (Fsp3) is 1.00. The average molecular weight is 187 g/mol. The fourth-order valence-electron chi connectivity index (χ4n) is 1.54. The molecule has 0 aromatic rings. The van der Waals surface area contributed by atoms with Crippen molar-refractivity contribution in [1.29, 1.82) is 0 Å². The van der Waals surface area contributed by atoms with Crippen molar-refractivity contribution >= 4 is 0 Å². The zero-order valence-electron chi connectivity index (χ0n) is 9.51. The van der Waals surface area contributed by atoms with Gasteiger partial charge in [0.05, 0.1) is 0 Å². The number of hydrogen-bond acceptors (Lipinski definition) is 2. The Hall–Kier alpha value is -0.0800. The normalized spacial score (nSPS) is 16.8. The molecule has 80 valence electrons. The molecule has 2 heteroatoms. The van der Waals surface area contributed by atoms with Crippen molar-refractivity contribution in [3.63, 3.8) is 0 Å². The van der Waals surface area contributed by atoms with E-state index in [2.05, 4.69) is 11.8 Å². The van der Waals surface area contributed by atoms with Gasteiger partial charge in [-0.05, 0) is 39.3 Å². The Morgan fingerprint density at radius 1 is 1.15 bits per heavy atom. The Morgan fingerprint density at radius 2 is 1.77 bits per heavy atom. The number of rotatable bonds is 5. The van der Waals surface area contributed by atoms with Crippen molar-refractivity contribution in [1.82, 2.24) is 4.90 Å². The molecule has 1 fully saturated rings. The molecule has 1 heterocycles. The van der Waals surface area contributed by atoms with E-state index in [9.17, 15) is 0 Å². The quantitative estimate of drug-likeness (QED) is 0.613. The van der Waals surface area contributed by atoms with Gasteiger partial charge in [0.2, 0.25) is 0 Å². The molecule has 0 aliphatic carbocycles. The maximum atomic E-state index is 5.27. The minimum atomic E-state index is 0.861. The maximum absolute atomic E-state index is 5.27. The molecule has 13 heavy (non-hydrogen) atoms. The summed E-state index contributed by atoms with van der Waals surface area (Å²) in [5.74, 6) is 0. The maximum Gasteiger partial charge on any atom is 0.0478 e. The second kappa shape index (κ2) is 10.0. The van der Waals surface area contributed by atoms with Crippen molar-refractivity contribution in [2.24, 2.45) is 0 Å². The van der Waals surface area contributed by atoms with E-state index in [4.69, 9.17) is 4.74 Å². The first-order valence-corrected chi connectivity index (χ1v) is 5.73. The van der Waals surface area contributed by atoms with Crippen molar-refractivity contribution in [2.45, 2.75) is 40.0 Å². The zero-order valence-corrected chi connectivity index (χ0v) is 9.51. The Balaban J connectivity index is 0.000000671. The molecule has 1 saturated heterocycles. The highest BCUT2D eigenvalue weighted by Crippen LogP contribution is 2.06. The highest BCUT2D eigenvalue weighted by atomic mass is 16.5. The molecule has 1 aliphatic heterocycles. The summed E-state index contributed by atoms with van der Waals surface area (Å²) in [5.41, 5.74) is 0. The molecule has 0 amide bonds. The first-order chi connectivity index (χ1) is 6.43. The lowest BCUT2D eigenvalue weighted by Gasteiger charge is -2.13. The summed E-state index contributed by atoms with van der Waals surface area (Å²) in [5, 5.41) is 0. The van der Waals surface area contributed by atoms with Crippen LogP contribution >= 0.6 is 0 Å². The van der Waals surface area contributed by atoms with Gasteiger partial charge in [-0.25, -0.2) is 0 Å². The van der Waals surface area contributed by atoms with Gasteiger partial charge in [-0.15, -0.1) is 0 Å². The molecule has 0 N–H and O–H groups in total. The summed E-state index contributed by atoms with van der Waals surface area (Å²) in [7, 11) is 0. The topological polar surface area (TPSA) is 12.5 Å². The Labute approximate surface area is 83.3 Å². The Morgan fingerprint density at radius 3 is 2.31 bits per heavy atom. The van der Waals surface area contributed by atoms with Crippen LogP contribution < -0.4 is 0 Å². The molecule has 2 nitrogen and oxygen atoms in total. The van der Waals surface area contributed by atoms with E-state index >= 15 is 0 Å². The molecular weight excluding hydrogens is 162 g/mol. The van der Waals surface area contributed by atoms with Crippen LogP contribution in [0.15, 0.2) is 0 Å². The summed E-state index contributed by atoms with van der Waals surface area (Å²) < 4.78 is 5.27. The van der Waals surface area contributed by atoms with Crippen LogP contribution in [0.3, 0.4) is 0 Å². The van der Waals surface area contributed by atoms with Crippen LogP contribution in [-0.2, 0) is 4.74 Å². The Bertz CT molecular complexity index is 90.1. The van der Waals surface area contributed by atoms with Crippen molar-refractivity contribution in [3.05, 3.63) is 0 Å². The predicted molar refractivity (Wildman–Crippen MR) is 58.1 cm³/mol. The fourth-order valence-corrected chi connectivity index (χ4v) is 1.54. The van der Waals surface area contributed by atoms with Crippen LogP contribution in [0.4, 0.5) is 0 Å². The van der Waals surface area contributed by atoms with E-state index < -0.39 is 0 Å². The molecule has 0 aromatic heterocycles. The lowest BCUT2D eigenvalue weighted by molar-refractivity contribution is 0.135. The average Bonchev–Trinajstić information content (AvgIpc) is 2.68. The van der Waals surface area contributed by atoms with Crippen LogP contribution in [0.5, 0.6) is 0 Å². The van der Waals surface area contributed by atoms with Crippen LogP contribution in [-0.4, -0.2) is 37.7 Å². The zero-order chi connectivity index (χ0) is 9.94. The number of hydrogen-bond donors (Lipinski definition) is 0. The van der Waals surface area contributed by atoms with E-state index in [0.717, 1.165) is 13.2 Å².